The Labute approximate surface area is 121 Å². The van der Waals surface area contributed by atoms with Crippen molar-refractivity contribution in [3.8, 4) is 5.75 Å². The molecule has 0 spiro atoms. The highest BCUT2D eigenvalue weighted by Crippen LogP contribution is 2.34. The van der Waals surface area contributed by atoms with E-state index in [0.29, 0.717) is 18.3 Å². The zero-order valence-electron chi connectivity index (χ0n) is 12.9. The Hall–Kier alpha value is -0.853. The van der Waals surface area contributed by atoms with Crippen molar-refractivity contribution in [2.24, 2.45) is 0 Å². The Morgan fingerprint density at radius 1 is 1.45 bits per heavy atom. The molecule has 114 valence electrons. The quantitative estimate of drug-likeness (QED) is 0.620. The Morgan fingerprint density at radius 2 is 2.15 bits per heavy atom. The molecule has 1 fully saturated rings. The first-order valence-electron chi connectivity index (χ1n) is 7.33. The van der Waals surface area contributed by atoms with Crippen LogP contribution in [0.15, 0.2) is 6.20 Å². The highest BCUT2D eigenvalue weighted by molar-refractivity contribution is 6.76. The second kappa shape index (κ2) is 6.28. The third-order valence-electron chi connectivity index (χ3n) is 3.75. The SMILES string of the molecule is COC(OCC[Si](C)(C)C)c1nn(C2CCC2)cc1O. The standard InChI is InChI=1S/C14H26N2O3Si/c1-18-14(19-8-9-20(2,3)4)13-12(17)10-16(15-13)11-6-5-7-11/h10-11,14,17H,5-9H2,1-4H3. The van der Waals surface area contributed by atoms with Crippen molar-refractivity contribution in [2.75, 3.05) is 13.7 Å². The van der Waals surface area contributed by atoms with Gasteiger partial charge in [-0.3, -0.25) is 4.68 Å². The molecule has 0 radical (unpaired) electrons. The fraction of sp³-hybridized carbons (Fsp3) is 0.786. The van der Waals surface area contributed by atoms with Crippen LogP contribution in [0.1, 0.15) is 37.3 Å². The van der Waals surface area contributed by atoms with Crippen LogP contribution in [-0.2, 0) is 9.47 Å². The number of hydrogen-bond acceptors (Lipinski definition) is 4. The van der Waals surface area contributed by atoms with Crippen LogP contribution in [0.4, 0.5) is 0 Å². The van der Waals surface area contributed by atoms with Crippen LogP contribution < -0.4 is 0 Å². The van der Waals surface area contributed by atoms with Gasteiger partial charge < -0.3 is 14.6 Å². The molecule has 6 heteroatoms. The summed E-state index contributed by atoms with van der Waals surface area (Å²) in [6.07, 6.45) is 4.62. The maximum Gasteiger partial charge on any atom is 0.206 e. The summed E-state index contributed by atoms with van der Waals surface area (Å²) in [5.74, 6) is 0.164. The minimum Gasteiger partial charge on any atom is -0.504 e. The lowest BCUT2D eigenvalue weighted by Crippen LogP contribution is -2.23. The minimum atomic E-state index is -1.13. The second-order valence-corrected chi connectivity index (χ2v) is 12.3. The lowest BCUT2D eigenvalue weighted by atomic mass is 9.93. The zero-order valence-corrected chi connectivity index (χ0v) is 13.9. The Balaban J connectivity index is 1.97. The summed E-state index contributed by atoms with van der Waals surface area (Å²) < 4.78 is 12.9. The first-order valence-corrected chi connectivity index (χ1v) is 11.0. The number of ether oxygens (including phenoxy) is 2. The van der Waals surface area contributed by atoms with Crippen LogP contribution >= 0.6 is 0 Å². The maximum atomic E-state index is 10.0. The van der Waals surface area contributed by atoms with E-state index in [2.05, 4.69) is 24.7 Å². The molecule has 1 N–H and O–H groups in total. The van der Waals surface area contributed by atoms with Gasteiger partial charge >= 0.3 is 0 Å². The number of nitrogens with zero attached hydrogens (tertiary/aromatic N) is 2. The van der Waals surface area contributed by atoms with Crippen molar-refractivity contribution in [1.29, 1.82) is 0 Å². The fourth-order valence-corrected chi connectivity index (χ4v) is 2.86. The molecular formula is C14H26N2O3Si. The van der Waals surface area contributed by atoms with Crippen molar-refractivity contribution in [3.05, 3.63) is 11.9 Å². The van der Waals surface area contributed by atoms with Crippen molar-refractivity contribution in [3.63, 3.8) is 0 Å². The van der Waals surface area contributed by atoms with Gasteiger partial charge in [0, 0.05) is 21.8 Å². The summed E-state index contributed by atoms with van der Waals surface area (Å²) in [5, 5.41) is 14.5. The summed E-state index contributed by atoms with van der Waals surface area (Å²) in [4.78, 5) is 0. The van der Waals surface area contributed by atoms with E-state index in [1.807, 2.05) is 4.68 Å². The molecule has 0 amide bonds. The molecule has 1 aromatic heterocycles. The van der Waals surface area contributed by atoms with Gasteiger partial charge in [0.25, 0.3) is 0 Å². The van der Waals surface area contributed by atoms with E-state index in [9.17, 15) is 5.11 Å². The van der Waals surface area contributed by atoms with Crippen molar-refractivity contribution < 1.29 is 14.6 Å². The van der Waals surface area contributed by atoms with Gasteiger partial charge in [-0.05, 0) is 25.3 Å². The minimum absolute atomic E-state index is 0.164. The van der Waals surface area contributed by atoms with Crippen molar-refractivity contribution >= 4 is 8.07 Å². The molecule has 0 bridgehead atoms. The normalized spacial score (nSPS) is 18.0. The van der Waals surface area contributed by atoms with Crippen LogP contribution in [-0.4, -0.2) is 36.7 Å². The average Bonchev–Trinajstić information content (AvgIpc) is 2.62. The monoisotopic (exact) mass is 298 g/mol. The average molecular weight is 298 g/mol. The summed E-state index contributed by atoms with van der Waals surface area (Å²) in [5.41, 5.74) is 0.495. The van der Waals surface area contributed by atoms with E-state index in [4.69, 9.17) is 9.47 Å². The summed E-state index contributed by atoms with van der Waals surface area (Å²) >= 11 is 0. The van der Waals surface area contributed by atoms with E-state index in [-0.39, 0.29) is 5.75 Å². The van der Waals surface area contributed by atoms with E-state index in [0.717, 1.165) is 18.9 Å². The van der Waals surface area contributed by atoms with E-state index in [1.54, 1.807) is 13.3 Å². The molecule has 1 aliphatic rings. The summed E-state index contributed by atoms with van der Waals surface area (Å²) in [6, 6.07) is 1.49. The topological polar surface area (TPSA) is 56.5 Å². The lowest BCUT2D eigenvalue weighted by Gasteiger charge is -2.25. The summed E-state index contributed by atoms with van der Waals surface area (Å²) in [6.45, 7) is 7.56. The number of methoxy groups -OCH3 is 1. The number of hydrogen-bond donors (Lipinski definition) is 1. The molecule has 1 aromatic rings. The zero-order chi connectivity index (χ0) is 14.8. The predicted octanol–water partition coefficient (Wildman–Crippen LogP) is 3.31. The van der Waals surface area contributed by atoms with Crippen LogP contribution in [0, 0.1) is 0 Å². The van der Waals surface area contributed by atoms with Crippen LogP contribution in [0.5, 0.6) is 5.75 Å². The van der Waals surface area contributed by atoms with E-state index >= 15 is 0 Å². The molecule has 1 aliphatic carbocycles. The molecule has 5 nitrogen and oxygen atoms in total. The van der Waals surface area contributed by atoms with Crippen molar-refractivity contribution in [2.45, 2.75) is 57.3 Å². The molecule has 2 rings (SSSR count). The molecule has 20 heavy (non-hydrogen) atoms. The third-order valence-corrected chi connectivity index (χ3v) is 5.45. The van der Waals surface area contributed by atoms with Gasteiger partial charge in [-0.25, -0.2) is 0 Å². The Morgan fingerprint density at radius 3 is 2.65 bits per heavy atom. The van der Waals surface area contributed by atoms with Gasteiger partial charge in [-0.15, -0.1) is 0 Å². The fourth-order valence-electron chi connectivity index (χ4n) is 2.13. The van der Waals surface area contributed by atoms with Crippen molar-refractivity contribution in [1.82, 2.24) is 9.78 Å². The largest absolute Gasteiger partial charge is 0.504 e. The van der Waals surface area contributed by atoms with Gasteiger partial charge in [0.2, 0.25) is 6.29 Å². The molecule has 0 aromatic carbocycles. The van der Waals surface area contributed by atoms with Gasteiger partial charge in [0.1, 0.15) is 0 Å². The second-order valence-electron chi connectivity index (χ2n) is 6.71. The van der Waals surface area contributed by atoms with Crippen LogP contribution in [0.25, 0.3) is 0 Å². The Kier molecular flexibility index (Phi) is 4.88. The molecule has 1 saturated carbocycles. The van der Waals surface area contributed by atoms with Gasteiger partial charge in [0.15, 0.2) is 11.4 Å². The van der Waals surface area contributed by atoms with Gasteiger partial charge in [0.05, 0.1) is 12.2 Å². The number of aromatic nitrogens is 2. The highest BCUT2D eigenvalue weighted by Gasteiger charge is 2.26. The number of rotatable bonds is 7. The molecule has 1 heterocycles. The predicted molar refractivity (Wildman–Crippen MR) is 80.6 cm³/mol. The van der Waals surface area contributed by atoms with E-state index < -0.39 is 14.4 Å². The lowest BCUT2D eigenvalue weighted by molar-refractivity contribution is -0.127. The maximum absolute atomic E-state index is 10.0. The Bertz CT molecular complexity index is 438. The van der Waals surface area contributed by atoms with Crippen LogP contribution in [0.3, 0.4) is 0 Å². The highest BCUT2D eigenvalue weighted by atomic mass is 28.3. The first kappa shape index (κ1) is 15.5. The third kappa shape index (κ3) is 3.83. The van der Waals surface area contributed by atoms with Gasteiger partial charge in [-0.1, -0.05) is 19.6 Å². The van der Waals surface area contributed by atoms with Crippen LogP contribution in [0.2, 0.25) is 25.7 Å². The molecule has 0 aliphatic heterocycles. The smallest absolute Gasteiger partial charge is 0.206 e. The molecule has 1 atom stereocenters. The molecule has 1 unspecified atom stereocenters. The molecular weight excluding hydrogens is 272 g/mol. The molecule has 0 saturated heterocycles. The summed E-state index contributed by atoms with van der Waals surface area (Å²) in [7, 11) is 0.455. The number of aromatic hydroxyl groups is 1. The first-order chi connectivity index (χ1) is 9.40. The van der Waals surface area contributed by atoms with Gasteiger partial charge in [-0.2, -0.15) is 5.10 Å². The van der Waals surface area contributed by atoms with E-state index in [1.165, 1.54) is 6.42 Å².